The average Bonchev–Trinajstić information content (AvgIpc) is 4.00. The standard InChI is InChI=1S/C58H37N5/c1-5-17-38(18-6-1)55-57-56(60-58(59-55)39-19-7-2-8-20-39)49-37-44(31-34-54(49)63(57)43-23-11-4-12-24-43)62-51-28-16-14-26-46(51)48-36-41(30-33-53(48)62)40-29-32-52-47(35-40)45-25-13-15-27-50(45)61(52)42-21-9-3-10-22-42/h1-37H. The van der Waals surface area contributed by atoms with E-state index < -0.39 is 0 Å². The Morgan fingerprint density at radius 3 is 1.30 bits per heavy atom. The number of nitrogens with zero attached hydrogens (tertiary/aromatic N) is 5. The summed E-state index contributed by atoms with van der Waals surface area (Å²) < 4.78 is 7.11. The maximum atomic E-state index is 5.41. The number of aromatic nitrogens is 5. The molecule has 0 aliphatic rings. The van der Waals surface area contributed by atoms with Crippen molar-refractivity contribution in [1.29, 1.82) is 0 Å². The first-order valence-electron chi connectivity index (χ1n) is 21.4. The Kier molecular flexibility index (Phi) is 7.84. The molecule has 0 aliphatic heterocycles. The lowest BCUT2D eigenvalue weighted by Gasteiger charge is -2.12. The quantitative estimate of drug-likeness (QED) is 0.168. The van der Waals surface area contributed by atoms with E-state index in [0.29, 0.717) is 5.82 Å². The molecule has 9 aromatic carbocycles. The van der Waals surface area contributed by atoms with Crippen LogP contribution in [0, 0.1) is 0 Å². The Labute approximate surface area is 363 Å². The molecule has 294 valence electrons. The van der Waals surface area contributed by atoms with Gasteiger partial charge in [0.05, 0.1) is 38.8 Å². The van der Waals surface area contributed by atoms with Gasteiger partial charge in [0.2, 0.25) is 0 Å². The van der Waals surface area contributed by atoms with E-state index >= 15 is 0 Å². The van der Waals surface area contributed by atoms with Crippen LogP contribution in [0.4, 0.5) is 0 Å². The molecule has 0 unspecified atom stereocenters. The van der Waals surface area contributed by atoms with Gasteiger partial charge in [-0.25, -0.2) is 9.97 Å². The molecule has 5 heteroatoms. The molecule has 0 bridgehead atoms. The average molecular weight is 804 g/mol. The van der Waals surface area contributed by atoms with E-state index in [-0.39, 0.29) is 0 Å². The Morgan fingerprint density at radius 2 is 0.714 bits per heavy atom. The van der Waals surface area contributed by atoms with Gasteiger partial charge in [-0.3, -0.25) is 0 Å². The van der Waals surface area contributed by atoms with Gasteiger partial charge in [0.15, 0.2) is 5.82 Å². The fourth-order valence-corrected chi connectivity index (χ4v) is 9.82. The summed E-state index contributed by atoms with van der Waals surface area (Å²) in [6.45, 7) is 0. The van der Waals surface area contributed by atoms with Gasteiger partial charge in [0, 0.05) is 55.1 Å². The van der Waals surface area contributed by atoms with Gasteiger partial charge in [-0.05, 0) is 90.0 Å². The van der Waals surface area contributed by atoms with Gasteiger partial charge in [0.25, 0.3) is 0 Å². The summed E-state index contributed by atoms with van der Waals surface area (Å²) in [6, 6.07) is 80.2. The smallest absolute Gasteiger partial charge is 0.160 e. The fraction of sp³-hybridized carbons (Fsp3) is 0. The van der Waals surface area contributed by atoms with Crippen molar-refractivity contribution in [2.75, 3.05) is 0 Å². The molecule has 5 nitrogen and oxygen atoms in total. The summed E-state index contributed by atoms with van der Waals surface area (Å²) in [5.74, 6) is 0.701. The molecule has 0 radical (unpaired) electrons. The minimum Gasteiger partial charge on any atom is -0.309 e. The van der Waals surface area contributed by atoms with Crippen LogP contribution in [-0.4, -0.2) is 23.7 Å². The van der Waals surface area contributed by atoms with Crippen LogP contribution in [-0.2, 0) is 0 Å². The summed E-state index contributed by atoms with van der Waals surface area (Å²) in [4.78, 5) is 10.7. The largest absolute Gasteiger partial charge is 0.309 e. The van der Waals surface area contributed by atoms with Gasteiger partial charge in [-0.1, -0.05) is 146 Å². The highest BCUT2D eigenvalue weighted by molar-refractivity contribution is 6.15. The summed E-state index contributed by atoms with van der Waals surface area (Å²) in [5.41, 5.74) is 16.3. The van der Waals surface area contributed by atoms with E-state index in [4.69, 9.17) is 9.97 Å². The highest BCUT2D eigenvalue weighted by atomic mass is 15.0. The molecular weight excluding hydrogens is 767 g/mol. The van der Waals surface area contributed by atoms with Gasteiger partial charge in [-0.2, -0.15) is 0 Å². The predicted octanol–water partition coefficient (Wildman–Crippen LogP) is 14.8. The van der Waals surface area contributed by atoms with Crippen LogP contribution in [0.2, 0.25) is 0 Å². The highest BCUT2D eigenvalue weighted by Crippen LogP contribution is 2.42. The highest BCUT2D eigenvalue weighted by Gasteiger charge is 2.23. The minimum atomic E-state index is 0.701. The van der Waals surface area contributed by atoms with Crippen LogP contribution in [0.5, 0.6) is 0 Å². The third kappa shape index (κ3) is 5.50. The Morgan fingerprint density at radius 1 is 0.270 bits per heavy atom. The molecule has 0 amide bonds. The Balaban J connectivity index is 1.03. The predicted molar refractivity (Wildman–Crippen MR) is 261 cm³/mol. The monoisotopic (exact) mass is 803 g/mol. The second-order valence-corrected chi connectivity index (χ2v) is 16.2. The number of para-hydroxylation sites is 4. The third-order valence-corrected chi connectivity index (χ3v) is 12.6. The summed E-state index contributed by atoms with van der Waals surface area (Å²) in [5, 5.41) is 5.97. The second-order valence-electron chi connectivity index (χ2n) is 16.2. The van der Waals surface area contributed by atoms with Crippen molar-refractivity contribution in [3.8, 4) is 50.8 Å². The van der Waals surface area contributed by atoms with E-state index in [0.717, 1.165) is 66.9 Å². The van der Waals surface area contributed by atoms with Crippen LogP contribution in [0.25, 0.3) is 116 Å². The molecule has 4 heterocycles. The normalized spacial score (nSPS) is 11.8. The summed E-state index contributed by atoms with van der Waals surface area (Å²) in [6.07, 6.45) is 0. The lowest BCUT2D eigenvalue weighted by molar-refractivity contribution is 1.14. The molecule has 13 rings (SSSR count). The van der Waals surface area contributed by atoms with Crippen LogP contribution in [0.1, 0.15) is 0 Å². The fourth-order valence-electron chi connectivity index (χ4n) is 9.82. The first-order chi connectivity index (χ1) is 31.3. The summed E-state index contributed by atoms with van der Waals surface area (Å²) in [7, 11) is 0. The zero-order valence-electron chi connectivity index (χ0n) is 34.1. The number of hydrogen-bond donors (Lipinski definition) is 0. The van der Waals surface area contributed by atoms with Crippen molar-refractivity contribution >= 4 is 65.5 Å². The van der Waals surface area contributed by atoms with Crippen molar-refractivity contribution in [3.63, 3.8) is 0 Å². The van der Waals surface area contributed by atoms with Gasteiger partial charge >= 0.3 is 0 Å². The van der Waals surface area contributed by atoms with Gasteiger partial charge in [-0.15, -0.1) is 0 Å². The van der Waals surface area contributed by atoms with E-state index in [1.54, 1.807) is 0 Å². The van der Waals surface area contributed by atoms with Crippen molar-refractivity contribution in [2.24, 2.45) is 0 Å². The van der Waals surface area contributed by atoms with Crippen LogP contribution < -0.4 is 0 Å². The van der Waals surface area contributed by atoms with E-state index in [1.807, 2.05) is 18.2 Å². The zero-order chi connectivity index (χ0) is 41.4. The van der Waals surface area contributed by atoms with E-state index in [2.05, 4.69) is 220 Å². The lowest BCUT2D eigenvalue weighted by Crippen LogP contribution is -1.99. The van der Waals surface area contributed by atoms with Crippen molar-refractivity contribution in [3.05, 3.63) is 224 Å². The molecule has 0 aliphatic carbocycles. The van der Waals surface area contributed by atoms with Crippen LogP contribution in [0.3, 0.4) is 0 Å². The van der Waals surface area contributed by atoms with Gasteiger partial charge in [0.1, 0.15) is 5.52 Å². The van der Waals surface area contributed by atoms with E-state index in [1.165, 1.54) is 43.7 Å². The zero-order valence-corrected chi connectivity index (χ0v) is 34.1. The summed E-state index contributed by atoms with van der Waals surface area (Å²) >= 11 is 0. The van der Waals surface area contributed by atoms with Gasteiger partial charge < -0.3 is 13.7 Å². The number of hydrogen-bond acceptors (Lipinski definition) is 2. The molecule has 0 fully saturated rings. The maximum Gasteiger partial charge on any atom is 0.160 e. The molecule has 13 aromatic rings. The topological polar surface area (TPSA) is 40.6 Å². The maximum absolute atomic E-state index is 5.41. The first kappa shape index (κ1) is 35.2. The SMILES string of the molecule is c1ccc(-c2nc(-c3ccccc3)c3c(n2)c2cc(-n4c5ccccc5c5cc(-c6ccc7c(c6)c6ccccc6n7-c6ccccc6)ccc54)ccc2n3-c2ccccc2)cc1. The van der Waals surface area contributed by atoms with E-state index in [9.17, 15) is 0 Å². The first-order valence-corrected chi connectivity index (χ1v) is 21.4. The third-order valence-electron chi connectivity index (χ3n) is 12.6. The molecule has 0 N–H and O–H groups in total. The molecule has 0 saturated heterocycles. The second kappa shape index (κ2) is 14.0. The van der Waals surface area contributed by atoms with Crippen molar-refractivity contribution in [2.45, 2.75) is 0 Å². The number of fused-ring (bicyclic) bond motifs is 9. The lowest BCUT2D eigenvalue weighted by atomic mass is 10.0. The molecule has 0 saturated carbocycles. The molecular formula is C58H37N5. The van der Waals surface area contributed by atoms with Crippen LogP contribution >= 0.6 is 0 Å². The van der Waals surface area contributed by atoms with Crippen molar-refractivity contribution in [1.82, 2.24) is 23.7 Å². The molecule has 4 aromatic heterocycles. The Bertz CT molecular complexity index is 3880. The molecule has 0 spiro atoms. The molecule has 63 heavy (non-hydrogen) atoms. The minimum absolute atomic E-state index is 0.701. The van der Waals surface area contributed by atoms with Crippen LogP contribution in [0.15, 0.2) is 224 Å². The number of rotatable bonds is 6. The number of benzene rings is 9. The molecule has 0 atom stereocenters. The van der Waals surface area contributed by atoms with Crippen molar-refractivity contribution < 1.29 is 0 Å². The Hall–Kier alpha value is -8.54.